The van der Waals surface area contributed by atoms with E-state index in [0.29, 0.717) is 25.2 Å². The van der Waals surface area contributed by atoms with Gasteiger partial charge >= 0.3 is 11.8 Å². The van der Waals surface area contributed by atoms with Gasteiger partial charge in [-0.3, -0.25) is 14.4 Å². The summed E-state index contributed by atoms with van der Waals surface area (Å²) in [6, 6.07) is 3.77. The zero-order chi connectivity index (χ0) is 18.5. The molecule has 1 aromatic heterocycles. The van der Waals surface area contributed by atoms with E-state index in [9.17, 15) is 14.4 Å². The topological polar surface area (TPSA) is 91.4 Å². The Morgan fingerprint density at radius 3 is 2.58 bits per heavy atom. The number of rotatable bonds is 5. The monoisotopic (exact) mass is 376 g/mol. The van der Waals surface area contributed by atoms with Crippen LogP contribution in [-0.2, 0) is 9.59 Å². The van der Waals surface area contributed by atoms with E-state index < -0.39 is 11.8 Å². The summed E-state index contributed by atoms with van der Waals surface area (Å²) in [5.74, 6) is -0.809. The van der Waals surface area contributed by atoms with Crippen molar-refractivity contribution in [2.45, 2.75) is 36.8 Å². The quantitative estimate of drug-likeness (QED) is 0.592. The van der Waals surface area contributed by atoms with Crippen LogP contribution in [-0.4, -0.2) is 59.5 Å². The minimum absolute atomic E-state index is 0.00810. The summed E-state index contributed by atoms with van der Waals surface area (Å²) < 4.78 is 0. The lowest BCUT2D eigenvalue weighted by molar-refractivity contribution is -0.139. The number of hydrogen-bond donors (Lipinski definition) is 2. The lowest BCUT2D eigenvalue weighted by Crippen LogP contribution is -2.45. The molecular formula is C18H24N4O3S. The van der Waals surface area contributed by atoms with Gasteiger partial charge in [0.25, 0.3) is 5.91 Å². The van der Waals surface area contributed by atoms with E-state index >= 15 is 0 Å². The summed E-state index contributed by atoms with van der Waals surface area (Å²) in [5.41, 5.74) is 0.642. The Morgan fingerprint density at radius 2 is 1.92 bits per heavy atom. The minimum atomic E-state index is -0.560. The molecule has 1 aliphatic carbocycles. The summed E-state index contributed by atoms with van der Waals surface area (Å²) >= 11 is 1.47. The number of likely N-dealkylation sites (tertiary alicyclic amines) is 1. The van der Waals surface area contributed by atoms with Gasteiger partial charge in [0.2, 0.25) is 0 Å². The predicted octanol–water partition coefficient (Wildman–Crippen LogP) is 1.05. The third-order valence-corrected chi connectivity index (χ3v) is 5.48. The fraction of sp³-hybridized carbons (Fsp3) is 0.556. The molecule has 7 nitrogen and oxygen atoms in total. The minimum Gasteiger partial charge on any atom is -0.348 e. The standard InChI is InChI=1S/C18H24N4O3S/c1-26-17-14(3-2-8-19-17)18(25)22-9-6-12(7-10-22)11-20-15(23)16(24)21-13-4-5-13/h2-3,8,12-13H,4-7,9-11H2,1H3,(H,20,23)(H,21,24). The molecule has 0 unspecified atom stereocenters. The van der Waals surface area contributed by atoms with Gasteiger partial charge in [-0.15, -0.1) is 11.8 Å². The van der Waals surface area contributed by atoms with E-state index in [1.807, 2.05) is 17.2 Å². The Labute approximate surface area is 157 Å². The van der Waals surface area contributed by atoms with E-state index in [4.69, 9.17) is 0 Å². The molecule has 1 saturated heterocycles. The van der Waals surface area contributed by atoms with Crippen molar-refractivity contribution in [1.29, 1.82) is 0 Å². The van der Waals surface area contributed by atoms with Crippen molar-refractivity contribution in [3.8, 4) is 0 Å². The molecule has 0 aromatic carbocycles. The molecule has 140 valence electrons. The Hall–Kier alpha value is -2.09. The smallest absolute Gasteiger partial charge is 0.309 e. The summed E-state index contributed by atoms with van der Waals surface area (Å²) in [6.45, 7) is 1.77. The zero-order valence-corrected chi connectivity index (χ0v) is 15.7. The van der Waals surface area contributed by atoms with Crippen molar-refractivity contribution in [3.05, 3.63) is 23.9 Å². The number of thioether (sulfide) groups is 1. The first-order valence-electron chi connectivity index (χ1n) is 8.95. The summed E-state index contributed by atoms with van der Waals surface area (Å²) in [6.07, 6.45) is 7.14. The fourth-order valence-corrected chi connectivity index (χ4v) is 3.56. The molecular weight excluding hydrogens is 352 g/mol. The van der Waals surface area contributed by atoms with Gasteiger partial charge in [0.05, 0.1) is 5.56 Å². The highest BCUT2D eigenvalue weighted by atomic mass is 32.2. The highest BCUT2D eigenvalue weighted by Crippen LogP contribution is 2.22. The van der Waals surface area contributed by atoms with Crippen LogP contribution in [0.25, 0.3) is 0 Å². The number of carbonyl (C=O) groups excluding carboxylic acids is 3. The van der Waals surface area contributed by atoms with Crippen molar-refractivity contribution >= 4 is 29.5 Å². The number of aromatic nitrogens is 1. The number of amides is 3. The molecule has 0 atom stereocenters. The Balaban J connectivity index is 1.44. The van der Waals surface area contributed by atoms with E-state index in [-0.39, 0.29) is 17.9 Å². The molecule has 2 N–H and O–H groups in total. The van der Waals surface area contributed by atoms with Gasteiger partial charge in [0.1, 0.15) is 5.03 Å². The Bertz CT molecular complexity index is 685. The Morgan fingerprint density at radius 1 is 1.19 bits per heavy atom. The molecule has 2 heterocycles. The SMILES string of the molecule is CSc1ncccc1C(=O)N1CCC(CNC(=O)C(=O)NC2CC2)CC1. The summed E-state index contributed by atoms with van der Waals surface area (Å²) in [5, 5.41) is 6.14. The second-order valence-corrected chi connectivity index (χ2v) is 7.55. The lowest BCUT2D eigenvalue weighted by Gasteiger charge is -2.32. The first kappa shape index (κ1) is 18.7. The molecule has 0 bridgehead atoms. The summed E-state index contributed by atoms with van der Waals surface area (Å²) in [4.78, 5) is 42.2. The fourth-order valence-electron chi connectivity index (χ4n) is 3.02. The first-order valence-corrected chi connectivity index (χ1v) is 10.2. The number of nitrogens with zero attached hydrogens (tertiary/aromatic N) is 2. The third kappa shape index (κ3) is 4.75. The molecule has 2 aliphatic rings. The molecule has 3 amide bonds. The van der Waals surface area contributed by atoms with Crippen LogP contribution in [0.15, 0.2) is 23.4 Å². The normalized spacial score (nSPS) is 17.7. The van der Waals surface area contributed by atoms with Crippen molar-refractivity contribution in [3.63, 3.8) is 0 Å². The highest BCUT2D eigenvalue weighted by molar-refractivity contribution is 7.98. The van der Waals surface area contributed by atoms with E-state index in [2.05, 4.69) is 15.6 Å². The van der Waals surface area contributed by atoms with Crippen LogP contribution in [0.2, 0.25) is 0 Å². The number of carbonyl (C=O) groups is 3. The molecule has 2 fully saturated rings. The molecule has 3 rings (SSSR count). The van der Waals surface area contributed by atoms with Crippen LogP contribution in [0.4, 0.5) is 0 Å². The molecule has 26 heavy (non-hydrogen) atoms. The predicted molar refractivity (Wildman–Crippen MR) is 98.8 cm³/mol. The summed E-state index contributed by atoms with van der Waals surface area (Å²) in [7, 11) is 0. The second kappa shape index (κ2) is 8.53. The number of pyridine rings is 1. The van der Waals surface area contributed by atoms with Crippen LogP contribution in [0.1, 0.15) is 36.0 Å². The van der Waals surface area contributed by atoms with Crippen molar-refractivity contribution in [1.82, 2.24) is 20.5 Å². The van der Waals surface area contributed by atoms with E-state index in [1.54, 1.807) is 12.3 Å². The maximum absolute atomic E-state index is 12.7. The molecule has 1 aromatic rings. The highest BCUT2D eigenvalue weighted by Gasteiger charge is 2.28. The van der Waals surface area contributed by atoms with Crippen molar-refractivity contribution < 1.29 is 14.4 Å². The third-order valence-electron chi connectivity index (χ3n) is 4.77. The van der Waals surface area contributed by atoms with Gasteiger partial charge in [0, 0.05) is 31.9 Å². The van der Waals surface area contributed by atoms with E-state index in [0.717, 1.165) is 30.7 Å². The van der Waals surface area contributed by atoms with Crippen molar-refractivity contribution in [2.24, 2.45) is 5.92 Å². The average Bonchev–Trinajstić information content (AvgIpc) is 3.49. The van der Waals surface area contributed by atoms with Crippen LogP contribution >= 0.6 is 11.8 Å². The number of piperidine rings is 1. The number of nitrogens with one attached hydrogen (secondary N) is 2. The average molecular weight is 376 g/mol. The molecule has 0 spiro atoms. The van der Waals surface area contributed by atoms with Gasteiger partial charge < -0.3 is 15.5 Å². The van der Waals surface area contributed by atoms with Crippen molar-refractivity contribution in [2.75, 3.05) is 25.9 Å². The van der Waals surface area contributed by atoms with Gasteiger partial charge in [-0.05, 0) is 50.0 Å². The Kier molecular flexibility index (Phi) is 6.13. The maximum atomic E-state index is 12.7. The molecule has 1 saturated carbocycles. The van der Waals surface area contributed by atoms with Crippen LogP contribution in [0.5, 0.6) is 0 Å². The first-order chi connectivity index (χ1) is 12.6. The number of hydrogen-bond acceptors (Lipinski definition) is 5. The molecule has 8 heteroatoms. The molecule has 1 aliphatic heterocycles. The van der Waals surface area contributed by atoms with Crippen LogP contribution in [0, 0.1) is 5.92 Å². The van der Waals surface area contributed by atoms with Crippen LogP contribution in [0.3, 0.4) is 0 Å². The van der Waals surface area contributed by atoms with Crippen LogP contribution < -0.4 is 10.6 Å². The maximum Gasteiger partial charge on any atom is 0.309 e. The van der Waals surface area contributed by atoms with Gasteiger partial charge in [-0.25, -0.2) is 4.98 Å². The van der Waals surface area contributed by atoms with E-state index in [1.165, 1.54) is 11.8 Å². The second-order valence-electron chi connectivity index (χ2n) is 6.75. The van der Waals surface area contributed by atoms with Gasteiger partial charge in [-0.1, -0.05) is 0 Å². The van der Waals surface area contributed by atoms with Gasteiger partial charge in [0.15, 0.2) is 0 Å². The zero-order valence-electron chi connectivity index (χ0n) is 14.9. The largest absolute Gasteiger partial charge is 0.348 e. The molecule has 0 radical (unpaired) electrons. The van der Waals surface area contributed by atoms with Gasteiger partial charge in [-0.2, -0.15) is 0 Å². The lowest BCUT2D eigenvalue weighted by atomic mass is 9.96.